The molecule has 8 nitrogen and oxygen atoms in total. The van der Waals surface area contributed by atoms with E-state index in [9.17, 15) is 9.59 Å². The van der Waals surface area contributed by atoms with Gasteiger partial charge in [-0.05, 0) is 12.1 Å². The Hall–Kier alpha value is -2.64. The normalized spacial score (nSPS) is 10.3. The van der Waals surface area contributed by atoms with Crippen molar-refractivity contribution in [2.24, 2.45) is 0 Å². The molecular formula is C11H12N4O4. The monoisotopic (exact) mass is 264 g/mol. The van der Waals surface area contributed by atoms with Gasteiger partial charge in [0.1, 0.15) is 12.2 Å². The molecule has 0 saturated heterocycles. The summed E-state index contributed by atoms with van der Waals surface area (Å²) in [5.41, 5.74) is 0.299. The number of carboxylic acid groups (broad SMARTS) is 1. The van der Waals surface area contributed by atoms with Crippen molar-refractivity contribution in [1.82, 2.24) is 20.0 Å². The molecular weight excluding hydrogens is 252 g/mol. The van der Waals surface area contributed by atoms with Crippen molar-refractivity contribution < 1.29 is 19.2 Å². The lowest BCUT2D eigenvalue weighted by molar-refractivity contribution is -0.137. The van der Waals surface area contributed by atoms with Gasteiger partial charge >= 0.3 is 5.97 Å². The van der Waals surface area contributed by atoms with E-state index in [4.69, 9.17) is 9.63 Å². The lowest BCUT2D eigenvalue weighted by atomic mass is 10.3. The Bertz CT molecular complexity index is 561. The van der Waals surface area contributed by atoms with Crippen molar-refractivity contribution in [3.05, 3.63) is 36.2 Å². The summed E-state index contributed by atoms with van der Waals surface area (Å²) in [5, 5.41) is 14.8. The molecule has 1 amide bonds. The predicted octanol–water partition coefficient (Wildman–Crippen LogP) is -0.0718. The number of hydrogen-bond donors (Lipinski definition) is 2. The number of rotatable bonds is 6. The van der Waals surface area contributed by atoms with Gasteiger partial charge in [0.25, 0.3) is 5.91 Å². The van der Waals surface area contributed by atoms with Gasteiger partial charge < -0.3 is 19.5 Å². The van der Waals surface area contributed by atoms with Crippen LogP contribution in [0.25, 0.3) is 0 Å². The molecule has 19 heavy (non-hydrogen) atoms. The Morgan fingerprint density at radius 2 is 2.32 bits per heavy atom. The molecule has 0 unspecified atom stereocenters. The number of hydrogen-bond acceptors (Lipinski definition) is 5. The van der Waals surface area contributed by atoms with Crippen LogP contribution in [0.2, 0.25) is 0 Å². The zero-order valence-electron chi connectivity index (χ0n) is 9.94. The Labute approximate surface area is 108 Å². The van der Waals surface area contributed by atoms with Crippen LogP contribution in [0.3, 0.4) is 0 Å². The molecule has 0 aliphatic rings. The molecule has 8 heteroatoms. The second-order valence-electron chi connectivity index (χ2n) is 3.76. The van der Waals surface area contributed by atoms with E-state index in [1.165, 1.54) is 10.9 Å². The topological polar surface area (TPSA) is 110 Å². The summed E-state index contributed by atoms with van der Waals surface area (Å²) < 4.78 is 6.15. The Kier molecular flexibility index (Phi) is 3.91. The van der Waals surface area contributed by atoms with Crippen molar-refractivity contribution >= 4 is 11.9 Å². The molecule has 0 aliphatic heterocycles. The smallest absolute Gasteiger partial charge is 0.323 e. The maximum Gasteiger partial charge on any atom is 0.323 e. The number of aliphatic carboxylic acids is 1. The van der Waals surface area contributed by atoms with Gasteiger partial charge in [0, 0.05) is 19.2 Å². The number of amides is 1. The average Bonchev–Trinajstić information content (AvgIpc) is 2.99. The van der Waals surface area contributed by atoms with Crippen molar-refractivity contribution in [3.8, 4) is 0 Å². The largest absolute Gasteiger partial charge is 0.480 e. The second-order valence-corrected chi connectivity index (χ2v) is 3.76. The fourth-order valence-electron chi connectivity index (χ4n) is 1.58. The van der Waals surface area contributed by atoms with Crippen LogP contribution in [-0.2, 0) is 17.8 Å². The van der Waals surface area contributed by atoms with Crippen LogP contribution in [0.15, 0.2) is 29.2 Å². The molecule has 0 fully saturated rings. The Balaban J connectivity index is 1.89. The molecule has 0 saturated carbocycles. The molecule has 0 aromatic carbocycles. The molecule has 0 aliphatic carbocycles. The molecule has 2 heterocycles. The summed E-state index contributed by atoms with van der Waals surface area (Å²) in [4.78, 5) is 26.3. The van der Waals surface area contributed by atoms with E-state index in [1.54, 1.807) is 18.3 Å². The van der Waals surface area contributed by atoms with Gasteiger partial charge in [0.15, 0.2) is 6.33 Å². The first-order chi connectivity index (χ1) is 9.16. The van der Waals surface area contributed by atoms with Gasteiger partial charge in [-0.15, -0.1) is 0 Å². The van der Waals surface area contributed by atoms with E-state index >= 15 is 0 Å². The zero-order valence-corrected chi connectivity index (χ0v) is 9.94. The molecule has 0 atom stereocenters. The maximum atomic E-state index is 11.8. The number of carbonyl (C=O) groups is 2. The van der Waals surface area contributed by atoms with Gasteiger partial charge in [-0.3, -0.25) is 9.59 Å². The molecule has 2 aromatic rings. The van der Waals surface area contributed by atoms with Crippen molar-refractivity contribution in [3.63, 3.8) is 0 Å². The van der Waals surface area contributed by atoms with Gasteiger partial charge in [-0.25, -0.2) is 0 Å². The Morgan fingerprint density at radius 3 is 3.00 bits per heavy atom. The summed E-state index contributed by atoms with van der Waals surface area (Å²) in [6.07, 6.45) is 3.25. The summed E-state index contributed by atoms with van der Waals surface area (Å²) in [6.45, 7) is 0.0820. The summed E-state index contributed by atoms with van der Waals surface area (Å²) in [5.74, 6) is -0.914. The lowest BCUT2D eigenvalue weighted by Crippen LogP contribution is -2.28. The third-order valence-electron chi connectivity index (χ3n) is 2.40. The molecule has 2 aromatic heterocycles. The quantitative estimate of drug-likeness (QED) is 0.755. The van der Waals surface area contributed by atoms with Crippen molar-refractivity contribution in [1.29, 1.82) is 0 Å². The first kappa shape index (κ1) is 12.8. The maximum absolute atomic E-state index is 11.8. The molecule has 0 bridgehead atoms. The van der Waals surface area contributed by atoms with Crippen LogP contribution >= 0.6 is 0 Å². The SMILES string of the molecule is O=C(O)Cn1cccc1C(=O)NCCc1ncno1. The highest BCUT2D eigenvalue weighted by atomic mass is 16.5. The van der Waals surface area contributed by atoms with Crippen LogP contribution in [0, 0.1) is 0 Å². The fraction of sp³-hybridized carbons (Fsp3) is 0.273. The fourth-order valence-corrected chi connectivity index (χ4v) is 1.58. The predicted molar refractivity (Wildman–Crippen MR) is 62.4 cm³/mol. The van der Waals surface area contributed by atoms with Crippen molar-refractivity contribution in [2.75, 3.05) is 6.54 Å². The molecule has 0 radical (unpaired) electrons. The standard InChI is InChI=1S/C11H12N4O4/c16-10(17)6-15-5-1-2-8(15)11(18)12-4-3-9-13-7-14-19-9/h1-2,5,7H,3-4,6H2,(H,12,18)(H,16,17). The minimum absolute atomic E-state index is 0.251. The van der Waals surface area contributed by atoms with E-state index in [-0.39, 0.29) is 12.5 Å². The highest BCUT2D eigenvalue weighted by Crippen LogP contribution is 2.02. The van der Waals surface area contributed by atoms with Crippen LogP contribution in [0.5, 0.6) is 0 Å². The summed E-state index contributed by atoms with van der Waals surface area (Å²) in [6, 6.07) is 3.18. The van der Waals surface area contributed by atoms with Gasteiger partial charge in [0.05, 0.1) is 0 Å². The highest BCUT2D eigenvalue weighted by molar-refractivity contribution is 5.93. The molecule has 2 rings (SSSR count). The highest BCUT2D eigenvalue weighted by Gasteiger charge is 2.12. The number of carboxylic acids is 1. The molecule has 100 valence electrons. The average molecular weight is 264 g/mol. The summed E-state index contributed by atoms with van der Waals surface area (Å²) in [7, 11) is 0. The van der Waals surface area contributed by atoms with Crippen LogP contribution in [-0.4, -0.2) is 38.2 Å². The van der Waals surface area contributed by atoms with E-state index in [1.807, 2.05) is 0 Å². The Morgan fingerprint density at radius 1 is 1.47 bits per heavy atom. The zero-order chi connectivity index (χ0) is 13.7. The minimum atomic E-state index is -1.00. The third kappa shape index (κ3) is 3.41. The van der Waals surface area contributed by atoms with Crippen LogP contribution < -0.4 is 5.32 Å². The lowest BCUT2D eigenvalue weighted by Gasteiger charge is -2.06. The number of carbonyl (C=O) groups excluding carboxylic acids is 1. The number of nitrogens with zero attached hydrogens (tertiary/aromatic N) is 3. The number of aromatic nitrogens is 3. The van der Waals surface area contributed by atoms with Crippen LogP contribution in [0.4, 0.5) is 0 Å². The van der Waals surface area contributed by atoms with Crippen molar-refractivity contribution in [2.45, 2.75) is 13.0 Å². The van der Waals surface area contributed by atoms with Gasteiger partial charge in [-0.2, -0.15) is 4.98 Å². The van der Waals surface area contributed by atoms with E-state index < -0.39 is 5.97 Å². The van der Waals surface area contributed by atoms with Crippen LogP contribution in [0.1, 0.15) is 16.4 Å². The molecule has 0 spiro atoms. The molecule has 2 N–H and O–H groups in total. The summed E-state index contributed by atoms with van der Waals surface area (Å²) >= 11 is 0. The van der Waals surface area contributed by atoms with E-state index in [0.717, 1.165) is 0 Å². The van der Waals surface area contributed by atoms with Gasteiger partial charge in [-0.1, -0.05) is 5.16 Å². The van der Waals surface area contributed by atoms with Gasteiger partial charge in [0.2, 0.25) is 5.89 Å². The first-order valence-electron chi connectivity index (χ1n) is 5.57. The first-order valence-corrected chi connectivity index (χ1v) is 5.57. The second kappa shape index (κ2) is 5.80. The third-order valence-corrected chi connectivity index (χ3v) is 2.40. The van der Waals surface area contributed by atoms with E-state index in [0.29, 0.717) is 24.6 Å². The minimum Gasteiger partial charge on any atom is -0.480 e. The number of nitrogens with one attached hydrogen (secondary N) is 1. The van der Waals surface area contributed by atoms with E-state index in [2.05, 4.69) is 15.5 Å².